The van der Waals surface area contributed by atoms with E-state index in [2.05, 4.69) is 0 Å². The van der Waals surface area contributed by atoms with Crippen LogP contribution < -0.4 is 0 Å². The second-order valence-electron chi connectivity index (χ2n) is 6.62. The van der Waals surface area contributed by atoms with Gasteiger partial charge in [0.2, 0.25) is 15.8 Å². The number of nitrogens with zero attached hydrogens (tertiary/aromatic N) is 1. The third kappa shape index (κ3) is 5.01. The number of morpholine rings is 1. The number of rotatable bonds is 6. The van der Waals surface area contributed by atoms with Crippen molar-refractivity contribution in [3.63, 3.8) is 0 Å². The maximum atomic E-state index is 12.8. The lowest BCUT2D eigenvalue weighted by Gasteiger charge is -2.26. The molecular formula is C20H19Cl2NO6S. The van der Waals surface area contributed by atoms with Crippen LogP contribution in [0.5, 0.6) is 0 Å². The third-order valence-corrected chi connectivity index (χ3v) is 7.05. The number of benzene rings is 2. The molecule has 1 fully saturated rings. The highest BCUT2D eigenvalue weighted by atomic mass is 35.5. The second kappa shape index (κ2) is 9.45. The number of sulfonamides is 1. The number of halogens is 2. The number of hydrogen-bond donors (Lipinski definition) is 0. The van der Waals surface area contributed by atoms with E-state index in [9.17, 15) is 18.0 Å². The summed E-state index contributed by atoms with van der Waals surface area (Å²) in [6.07, 6.45) is 0. The van der Waals surface area contributed by atoms with E-state index in [1.54, 1.807) is 6.92 Å². The summed E-state index contributed by atoms with van der Waals surface area (Å²) in [7, 11) is -3.77. The van der Waals surface area contributed by atoms with Gasteiger partial charge < -0.3 is 9.47 Å². The Morgan fingerprint density at radius 2 is 1.77 bits per heavy atom. The smallest absolute Gasteiger partial charge is 0.338 e. The van der Waals surface area contributed by atoms with Crippen molar-refractivity contribution >= 4 is 45.0 Å². The van der Waals surface area contributed by atoms with Crippen molar-refractivity contribution in [1.82, 2.24) is 4.31 Å². The maximum Gasteiger partial charge on any atom is 0.338 e. The fraction of sp³-hybridized carbons (Fsp3) is 0.300. The molecule has 0 aliphatic carbocycles. The molecule has 1 heterocycles. The van der Waals surface area contributed by atoms with Crippen molar-refractivity contribution in [2.75, 3.05) is 32.9 Å². The zero-order chi connectivity index (χ0) is 21.9. The van der Waals surface area contributed by atoms with Gasteiger partial charge in [-0.15, -0.1) is 0 Å². The molecule has 1 aliphatic heterocycles. The quantitative estimate of drug-likeness (QED) is 0.473. The standard InChI is InChI=1S/C20H19Cl2NO6S/c1-13-2-4-15(30(26,27)23-6-8-28-9-7-23)11-17(13)20(25)29-12-19(24)16-5-3-14(21)10-18(16)22/h2-5,10-11H,6-9,12H2,1H3. The number of carbonyl (C=O) groups excluding carboxylic acids is 2. The Hall–Kier alpha value is -1.97. The molecule has 1 saturated heterocycles. The Morgan fingerprint density at radius 3 is 2.43 bits per heavy atom. The van der Waals surface area contributed by atoms with E-state index < -0.39 is 28.4 Å². The topological polar surface area (TPSA) is 90.0 Å². The van der Waals surface area contributed by atoms with Crippen LogP contribution in [-0.2, 0) is 19.5 Å². The number of ether oxygens (including phenoxy) is 2. The molecule has 7 nitrogen and oxygen atoms in total. The zero-order valence-corrected chi connectivity index (χ0v) is 18.4. The molecule has 0 N–H and O–H groups in total. The molecule has 30 heavy (non-hydrogen) atoms. The maximum absolute atomic E-state index is 12.8. The summed E-state index contributed by atoms with van der Waals surface area (Å²) in [6.45, 7) is 2.23. The normalized spacial score (nSPS) is 15.0. The summed E-state index contributed by atoms with van der Waals surface area (Å²) < 4.78 is 37.3. The highest BCUT2D eigenvalue weighted by Gasteiger charge is 2.27. The fourth-order valence-corrected chi connectivity index (χ4v) is 4.87. The largest absolute Gasteiger partial charge is 0.454 e. The summed E-state index contributed by atoms with van der Waals surface area (Å²) in [6, 6.07) is 8.61. The highest BCUT2D eigenvalue weighted by molar-refractivity contribution is 7.89. The van der Waals surface area contributed by atoms with Crippen LogP contribution in [0.25, 0.3) is 0 Å². The minimum Gasteiger partial charge on any atom is -0.454 e. The van der Waals surface area contributed by atoms with Crippen molar-refractivity contribution in [2.45, 2.75) is 11.8 Å². The molecule has 0 saturated carbocycles. The molecule has 0 aromatic heterocycles. The van der Waals surface area contributed by atoms with Gasteiger partial charge in [0, 0.05) is 23.7 Å². The van der Waals surface area contributed by atoms with Gasteiger partial charge in [0.15, 0.2) is 6.61 Å². The van der Waals surface area contributed by atoms with Gasteiger partial charge in [0.1, 0.15) is 0 Å². The number of Topliss-reactive ketones (excluding diaryl/α,β-unsaturated/α-hetero) is 1. The van der Waals surface area contributed by atoms with Gasteiger partial charge in [0.25, 0.3) is 0 Å². The van der Waals surface area contributed by atoms with Gasteiger partial charge >= 0.3 is 5.97 Å². The van der Waals surface area contributed by atoms with Gasteiger partial charge in [-0.2, -0.15) is 4.31 Å². The summed E-state index contributed by atoms with van der Waals surface area (Å²) >= 11 is 11.8. The van der Waals surface area contributed by atoms with Crippen molar-refractivity contribution < 1.29 is 27.5 Å². The van der Waals surface area contributed by atoms with Crippen LogP contribution in [0.2, 0.25) is 10.0 Å². The first kappa shape index (κ1) is 22.7. The molecule has 0 unspecified atom stereocenters. The monoisotopic (exact) mass is 471 g/mol. The van der Waals surface area contributed by atoms with Crippen LogP contribution in [0, 0.1) is 6.92 Å². The van der Waals surface area contributed by atoms with Gasteiger partial charge in [-0.05, 0) is 42.8 Å². The van der Waals surface area contributed by atoms with E-state index in [1.807, 2.05) is 0 Å². The molecular weight excluding hydrogens is 453 g/mol. The van der Waals surface area contributed by atoms with Crippen molar-refractivity contribution in [1.29, 1.82) is 0 Å². The minimum absolute atomic E-state index is 0.0194. The molecule has 2 aromatic rings. The molecule has 3 rings (SSSR count). The Morgan fingerprint density at radius 1 is 1.07 bits per heavy atom. The van der Waals surface area contributed by atoms with Crippen LogP contribution in [-0.4, -0.2) is 57.4 Å². The highest BCUT2D eigenvalue weighted by Crippen LogP contribution is 2.23. The van der Waals surface area contributed by atoms with Crippen LogP contribution in [0.4, 0.5) is 0 Å². The van der Waals surface area contributed by atoms with E-state index in [1.165, 1.54) is 40.7 Å². The lowest BCUT2D eigenvalue weighted by Crippen LogP contribution is -2.40. The Labute approximate surface area is 184 Å². The van der Waals surface area contributed by atoms with Crippen molar-refractivity contribution in [2.24, 2.45) is 0 Å². The Balaban J connectivity index is 1.76. The number of ketones is 1. The van der Waals surface area contributed by atoms with Crippen LogP contribution in [0.15, 0.2) is 41.3 Å². The molecule has 2 aromatic carbocycles. The molecule has 0 radical (unpaired) electrons. The zero-order valence-electron chi connectivity index (χ0n) is 16.1. The third-order valence-electron chi connectivity index (χ3n) is 4.60. The van der Waals surface area contributed by atoms with Gasteiger partial charge in [-0.1, -0.05) is 29.3 Å². The van der Waals surface area contributed by atoms with E-state index in [-0.39, 0.29) is 34.1 Å². The summed E-state index contributed by atoms with van der Waals surface area (Å²) in [5.74, 6) is -1.30. The summed E-state index contributed by atoms with van der Waals surface area (Å²) in [5.41, 5.74) is 0.770. The van der Waals surface area contributed by atoms with Crippen LogP contribution >= 0.6 is 23.2 Å². The SMILES string of the molecule is Cc1ccc(S(=O)(=O)N2CCOCC2)cc1C(=O)OCC(=O)c1ccc(Cl)cc1Cl. The first-order chi connectivity index (χ1) is 14.2. The second-order valence-corrected chi connectivity index (χ2v) is 9.40. The Kier molecular flexibility index (Phi) is 7.15. The fourth-order valence-electron chi connectivity index (χ4n) is 2.92. The van der Waals surface area contributed by atoms with Crippen molar-refractivity contribution in [3.8, 4) is 0 Å². The molecule has 10 heteroatoms. The molecule has 1 aliphatic rings. The van der Waals surface area contributed by atoms with E-state index in [0.29, 0.717) is 23.8 Å². The number of hydrogen-bond acceptors (Lipinski definition) is 6. The molecule has 0 amide bonds. The lowest BCUT2D eigenvalue weighted by molar-refractivity contribution is 0.0473. The van der Waals surface area contributed by atoms with Crippen LogP contribution in [0.1, 0.15) is 26.3 Å². The van der Waals surface area contributed by atoms with E-state index in [4.69, 9.17) is 32.7 Å². The number of carbonyl (C=O) groups is 2. The average molecular weight is 472 g/mol. The van der Waals surface area contributed by atoms with Gasteiger partial charge in [0.05, 0.1) is 28.7 Å². The number of aryl methyl sites for hydroxylation is 1. The summed E-state index contributed by atoms with van der Waals surface area (Å²) in [5, 5.41) is 0.529. The first-order valence-corrected chi connectivity index (χ1v) is 11.2. The average Bonchev–Trinajstić information content (AvgIpc) is 2.72. The molecule has 0 bridgehead atoms. The minimum atomic E-state index is -3.77. The number of esters is 1. The van der Waals surface area contributed by atoms with Gasteiger partial charge in [-0.3, -0.25) is 4.79 Å². The van der Waals surface area contributed by atoms with Crippen LogP contribution in [0.3, 0.4) is 0 Å². The first-order valence-electron chi connectivity index (χ1n) is 9.04. The van der Waals surface area contributed by atoms with E-state index in [0.717, 1.165) is 0 Å². The Bertz CT molecular complexity index is 1080. The van der Waals surface area contributed by atoms with E-state index >= 15 is 0 Å². The van der Waals surface area contributed by atoms with Gasteiger partial charge in [-0.25, -0.2) is 13.2 Å². The molecule has 0 spiro atoms. The predicted molar refractivity (Wildman–Crippen MR) is 112 cm³/mol. The molecule has 0 atom stereocenters. The van der Waals surface area contributed by atoms with Crippen molar-refractivity contribution in [3.05, 3.63) is 63.1 Å². The molecule has 160 valence electrons. The predicted octanol–water partition coefficient (Wildman–Crippen LogP) is 3.36. The lowest BCUT2D eigenvalue weighted by atomic mass is 10.1. The summed E-state index contributed by atoms with van der Waals surface area (Å²) in [4.78, 5) is 24.8.